The van der Waals surface area contributed by atoms with Gasteiger partial charge in [0.1, 0.15) is 0 Å². The summed E-state index contributed by atoms with van der Waals surface area (Å²) in [6.07, 6.45) is 3.18. The lowest BCUT2D eigenvalue weighted by Crippen LogP contribution is -2.35. The van der Waals surface area contributed by atoms with E-state index in [0.29, 0.717) is 5.56 Å². The molecule has 2 atom stereocenters. The van der Waals surface area contributed by atoms with Gasteiger partial charge in [-0.25, -0.2) is 0 Å². The molecule has 1 amide bonds. The third-order valence-electron chi connectivity index (χ3n) is 3.16. The van der Waals surface area contributed by atoms with Gasteiger partial charge in [-0.1, -0.05) is 15.9 Å². The van der Waals surface area contributed by atoms with E-state index < -0.39 is 5.91 Å². The van der Waals surface area contributed by atoms with Crippen LogP contribution < -0.4 is 16.8 Å². The number of carbonyl (C=O) groups is 1. The normalized spacial score (nSPS) is 23.6. The molecule has 2 unspecified atom stereocenters. The molecule has 92 valence electrons. The topological polar surface area (TPSA) is 81.1 Å². The Bertz CT molecular complexity index is 436. The first-order valence-corrected chi connectivity index (χ1v) is 6.48. The van der Waals surface area contributed by atoms with Crippen molar-refractivity contribution in [3.05, 3.63) is 28.2 Å². The van der Waals surface area contributed by atoms with Crippen LogP contribution in [0.4, 0.5) is 5.69 Å². The number of anilines is 1. The van der Waals surface area contributed by atoms with Crippen molar-refractivity contribution in [1.29, 1.82) is 0 Å². The number of nitrogens with two attached hydrogens (primary N) is 2. The second-order valence-corrected chi connectivity index (χ2v) is 5.32. The monoisotopic (exact) mass is 297 g/mol. The average molecular weight is 298 g/mol. The molecule has 0 heterocycles. The zero-order chi connectivity index (χ0) is 12.4. The number of halogens is 1. The molecule has 5 heteroatoms. The van der Waals surface area contributed by atoms with E-state index in [1.54, 1.807) is 12.1 Å². The van der Waals surface area contributed by atoms with Crippen LogP contribution in [0, 0.1) is 0 Å². The minimum Gasteiger partial charge on any atom is -0.380 e. The van der Waals surface area contributed by atoms with Crippen molar-refractivity contribution < 1.29 is 4.79 Å². The van der Waals surface area contributed by atoms with Crippen LogP contribution in [0.3, 0.4) is 0 Å². The van der Waals surface area contributed by atoms with Gasteiger partial charge >= 0.3 is 0 Å². The van der Waals surface area contributed by atoms with Crippen molar-refractivity contribution in [2.45, 2.75) is 31.3 Å². The van der Waals surface area contributed by atoms with Gasteiger partial charge in [-0.15, -0.1) is 0 Å². The van der Waals surface area contributed by atoms with Crippen LogP contribution in [0.2, 0.25) is 0 Å². The second kappa shape index (κ2) is 5.06. The molecular weight excluding hydrogens is 282 g/mol. The van der Waals surface area contributed by atoms with Crippen molar-refractivity contribution in [3.63, 3.8) is 0 Å². The predicted molar refractivity (Wildman–Crippen MR) is 71.9 cm³/mol. The Morgan fingerprint density at radius 2 is 2.18 bits per heavy atom. The van der Waals surface area contributed by atoms with Crippen molar-refractivity contribution >= 4 is 27.5 Å². The second-order valence-electron chi connectivity index (χ2n) is 4.40. The molecule has 1 aromatic carbocycles. The Morgan fingerprint density at radius 1 is 1.41 bits per heavy atom. The van der Waals surface area contributed by atoms with E-state index in [9.17, 15) is 4.79 Å². The van der Waals surface area contributed by atoms with Crippen molar-refractivity contribution in [3.8, 4) is 0 Å². The van der Waals surface area contributed by atoms with Gasteiger partial charge in [-0.05, 0) is 37.5 Å². The van der Waals surface area contributed by atoms with Crippen molar-refractivity contribution in [2.75, 3.05) is 5.32 Å². The highest BCUT2D eigenvalue weighted by Gasteiger charge is 2.24. The molecule has 0 aromatic heterocycles. The number of primary amides is 1. The van der Waals surface area contributed by atoms with Crippen LogP contribution in [-0.4, -0.2) is 18.0 Å². The summed E-state index contributed by atoms with van der Waals surface area (Å²) in [6, 6.07) is 5.76. The fourth-order valence-electron chi connectivity index (χ4n) is 2.22. The van der Waals surface area contributed by atoms with Crippen LogP contribution in [0.15, 0.2) is 22.7 Å². The summed E-state index contributed by atoms with van der Waals surface area (Å²) in [4.78, 5) is 11.3. The first-order valence-electron chi connectivity index (χ1n) is 5.69. The lowest BCUT2D eigenvalue weighted by molar-refractivity contribution is 0.100. The number of nitrogens with one attached hydrogen (secondary N) is 1. The highest BCUT2D eigenvalue weighted by molar-refractivity contribution is 9.10. The SMILES string of the molecule is NC(=O)c1ccc(Br)cc1NC1CCCC1N. The molecule has 1 saturated carbocycles. The fourth-order valence-corrected chi connectivity index (χ4v) is 2.58. The zero-order valence-electron chi connectivity index (χ0n) is 9.45. The van der Waals surface area contributed by atoms with Gasteiger partial charge in [0, 0.05) is 22.2 Å². The standard InChI is InChI=1S/C12H16BrN3O/c13-7-4-5-8(12(15)17)11(6-7)16-10-3-1-2-9(10)14/h4-6,9-10,16H,1-3,14H2,(H2,15,17). The minimum atomic E-state index is -0.424. The van der Waals surface area contributed by atoms with Crippen LogP contribution >= 0.6 is 15.9 Å². The first-order chi connectivity index (χ1) is 8.08. The number of rotatable bonds is 3. The third-order valence-corrected chi connectivity index (χ3v) is 3.65. The summed E-state index contributed by atoms with van der Waals surface area (Å²) < 4.78 is 0.913. The summed E-state index contributed by atoms with van der Waals surface area (Å²) in [5.41, 5.74) is 12.6. The molecule has 1 aliphatic carbocycles. The van der Waals surface area contributed by atoms with Gasteiger partial charge in [-0.3, -0.25) is 4.79 Å². The van der Waals surface area contributed by atoms with Gasteiger partial charge in [0.05, 0.1) is 5.56 Å². The van der Waals surface area contributed by atoms with Gasteiger partial charge in [0.25, 0.3) is 5.91 Å². The zero-order valence-corrected chi connectivity index (χ0v) is 11.0. The fraction of sp³-hybridized carbons (Fsp3) is 0.417. The molecule has 0 saturated heterocycles. The Morgan fingerprint density at radius 3 is 2.76 bits per heavy atom. The van der Waals surface area contributed by atoms with Crippen LogP contribution in [0.25, 0.3) is 0 Å². The summed E-state index contributed by atoms with van der Waals surface area (Å²) in [5, 5.41) is 3.33. The summed E-state index contributed by atoms with van der Waals surface area (Å²) in [5.74, 6) is -0.424. The maximum absolute atomic E-state index is 11.3. The summed E-state index contributed by atoms with van der Waals surface area (Å²) in [6.45, 7) is 0. The summed E-state index contributed by atoms with van der Waals surface area (Å²) in [7, 11) is 0. The molecule has 0 bridgehead atoms. The van der Waals surface area contributed by atoms with Gasteiger partial charge < -0.3 is 16.8 Å². The maximum atomic E-state index is 11.3. The predicted octanol–water partition coefficient (Wildman–Crippen LogP) is 1.84. The number of hydrogen-bond acceptors (Lipinski definition) is 3. The lowest BCUT2D eigenvalue weighted by atomic mass is 10.1. The molecule has 4 nitrogen and oxygen atoms in total. The number of benzene rings is 1. The highest BCUT2D eigenvalue weighted by Crippen LogP contribution is 2.26. The third kappa shape index (κ3) is 2.79. The maximum Gasteiger partial charge on any atom is 0.250 e. The van der Waals surface area contributed by atoms with E-state index in [-0.39, 0.29) is 12.1 Å². The first kappa shape index (κ1) is 12.4. The largest absolute Gasteiger partial charge is 0.380 e. The number of hydrogen-bond donors (Lipinski definition) is 3. The Balaban J connectivity index is 2.24. The quantitative estimate of drug-likeness (QED) is 0.796. The lowest BCUT2D eigenvalue weighted by Gasteiger charge is -2.20. The van der Waals surface area contributed by atoms with E-state index in [1.807, 2.05) is 6.07 Å². The minimum absolute atomic E-state index is 0.148. The molecular formula is C12H16BrN3O. The molecule has 5 N–H and O–H groups in total. The van der Waals surface area contributed by atoms with E-state index >= 15 is 0 Å². The molecule has 0 spiro atoms. The molecule has 0 radical (unpaired) electrons. The van der Waals surface area contributed by atoms with Gasteiger partial charge in [0.2, 0.25) is 0 Å². The summed E-state index contributed by atoms with van der Waals surface area (Å²) >= 11 is 3.39. The average Bonchev–Trinajstić information content (AvgIpc) is 2.64. The number of carbonyl (C=O) groups excluding carboxylic acids is 1. The molecule has 1 aliphatic rings. The highest BCUT2D eigenvalue weighted by atomic mass is 79.9. The molecule has 17 heavy (non-hydrogen) atoms. The molecule has 1 fully saturated rings. The Kier molecular flexibility index (Phi) is 3.69. The van der Waals surface area contributed by atoms with Crippen LogP contribution in [0.5, 0.6) is 0 Å². The van der Waals surface area contributed by atoms with E-state index in [4.69, 9.17) is 11.5 Å². The smallest absolute Gasteiger partial charge is 0.250 e. The van der Waals surface area contributed by atoms with E-state index in [2.05, 4.69) is 21.2 Å². The molecule has 0 aliphatic heterocycles. The van der Waals surface area contributed by atoms with Crippen molar-refractivity contribution in [1.82, 2.24) is 0 Å². The van der Waals surface area contributed by atoms with Gasteiger partial charge in [0.15, 0.2) is 0 Å². The number of amides is 1. The Labute approximate surface area is 109 Å². The van der Waals surface area contributed by atoms with E-state index in [1.165, 1.54) is 0 Å². The van der Waals surface area contributed by atoms with Crippen LogP contribution in [-0.2, 0) is 0 Å². The molecule has 2 rings (SSSR count). The van der Waals surface area contributed by atoms with Crippen LogP contribution in [0.1, 0.15) is 29.6 Å². The van der Waals surface area contributed by atoms with Crippen molar-refractivity contribution in [2.24, 2.45) is 11.5 Å². The Hall–Kier alpha value is -1.07. The van der Waals surface area contributed by atoms with Gasteiger partial charge in [-0.2, -0.15) is 0 Å². The van der Waals surface area contributed by atoms with E-state index in [0.717, 1.165) is 29.4 Å². The molecule has 1 aromatic rings.